The highest BCUT2D eigenvalue weighted by Gasteiger charge is 2.06. The van der Waals surface area contributed by atoms with Gasteiger partial charge in [0.05, 0.1) is 0 Å². The Labute approximate surface area is 149 Å². The number of carbonyl (C=O) groups excluding carboxylic acids is 3. The highest BCUT2D eigenvalue weighted by Crippen LogP contribution is 2.09. The molecule has 1 aromatic carbocycles. The van der Waals surface area contributed by atoms with Gasteiger partial charge in [0.1, 0.15) is 12.4 Å². The second-order valence-electron chi connectivity index (χ2n) is 5.73. The fourth-order valence-corrected chi connectivity index (χ4v) is 2.15. The molecule has 5 nitrogen and oxygen atoms in total. The van der Waals surface area contributed by atoms with Crippen molar-refractivity contribution in [3.63, 3.8) is 0 Å². The van der Waals surface area contributed by atoms with Gasteiger partial charge in [0.25, 0.3) is 0 Å². The van der Waals surface area contributed by atoms with Crippen LogP contribution in [0.4, 0.5) is 0 Å². The molecule has 25 heavy (non-hydrogen) atoms. The van der Waals surface area contributed by atoms with Crippen LogP contribution in [0.5, 0.6) is 5.75 Å². The molecule has 136 valence electrons. The topological polar surface area (TPSA) is 69.7 Å². The molecule has 0 fully saturated rings. The molecule has 0 aliphatic rings. The number of rotatable bonds is 12. The molecule has 1 rings (SSSR count). The van der Waals surface area contributed by atoms with Gasteiger partial charge in [-0.3, -0.25) is 4.79 Å². The first-order valence-corrected chi connectivity index (χ1v) is 8.75. The molecule has 0 unspecified atom stereocenters. The van der Waals surface area contributed by atoms with Crippen molar-refractivity contribution in [3.8, 4) is 5.75 Å². The van der Waals surface area contributed by atoms with E-state index in [1.165, 1.54) is 19.3 Å². The maximum absolute atomic E-state index is 11.6. The number of unbranched alkanes of at least 4 members (excludes halogenated alkanes) is 5. The molecule has 0 saturated heterocycles. The van der Waals surface area contributed by atoms with Gasteiger partial charge in [-0.15, -0.1) is 0 Å². The molecular weight excluding hydrogens is 320 g/mol. The van der Waals surface area contributed by atoms with Gasteiger partial charge in [0.15, 0.2) is 5.78 Å². The summed E-state index contributed by atoms with van der Waals surface area (Å²) < 4.78 is 9.80. The van der Waals surface area contributed by atoms with E-state index in [9.17, 15) is 14.4 Å². The molecule has 0 atom stereocenters. The zero-order valence-electron chi connectivity index (χ0n) is 14.7. The van der Waals surface area contributed by atoms with Crippen LogP contribution in [0, 0.1) is 0 Å². The molecule has 5 heteroatoms. The number of ketones is 1. The molecule has 0 saturated carbocycles. The molecular formula is C20H26O5. The van der Waals surface area contributed by atoms with Crippen molar-refractivity contribution in [3.05, 3.63) is 42.5 Å². The maximum atomic E-state index is 11.6. The van der Waals surface area contributed by atoms with Crippen molar-refractivity contribution >= 4 is 17.7 Å². The minimum absolute atomic E-state index is 0.107. The van der Waals surface area contributed by atoms with Crippen LogP contribution in [0.1, 0.15) is 51.9 Å². The number of benzene rings is 1. The number of ether oxygens (including phenoxy) is 2. The monoisotopic (exact) mass is 346 g/mol. The van der Waals surface area contributed by atoms with Crippen molar-refractivity contribution in [1.29, 1.82) is 0 Å². The Kier molecular flexibility index (Phi) is 10.7. The van der Waals surface area contributed by atoms with Crippen LogP contribution in [0.3, 0.4) is 0 Å². The lowest BCUT2D eigenvalue weighted by atomic mass is 10.1. The summed E-state index contributed by atoms with van der Waals surface area (Å²) in [5.74, 6) is -1.13. The predicted octanol–water partition coefficient (Wildman–Crippen LogP) is 4.01. The Morgan fingerprint density at radius 1 is 0.880 bits per heavy atom. The summed E-state index contributed by atoms with van der Waals surface area (Å²) in [5.41, 5.74) is 0. The van der Waals surface area contributed by atoms with Gasteiger partial charge < -0.3 is 9.47 Å². The Bertz CT molecular complexity index is 563. The highest BCUT2D eigenvalue weighted by atomic mass is 16.5. The van der Waals surface area contributed by atoms with E-state index >= 15 is 0 Å². The minimum atomic E-state index is -0.735. The van der Waals surface area contributed by atoms with Crippen LogP contribution < -0.4 is 4.74 Å². The van der Waals surface area contributed by atoms with Crippen LogP contribution in [0.25, 0.3) is 0 Å². The molecule has 0 spiro atoms. The van der Waals surface area contributed by atoms with Crippen LogP contribution in [0.15, 0.2) is 42.5 Å². The summed E-state index contributed by atoms with van der Waals surface area (Å²) >= 11 is 0. The van der Waals surface area contributed by atoms with E-state index in [0.717, 1.165) is 31.4 Å². The number of para-hydroxylation sites is 1. The van der Waals surface area contributed by atoms with E-state index in [2.05, 4.69) is 6.92 Å². The first kappa shape index (κ1) is 20.6. The molecule has 0 aliphatic heterocycles. The van der Waals surface area contributed by atoms with Gasteiger partial charge in [-0.25, -0.2) is 9.59 Å². The predicted molar refractivity (Wildman–Crippen MR) is 95.2 cm³/mol. The molecule has 0 aliphatic carbocycles. The lowest BCUT2D eigenvalue weighted by Crippen LogP contribution is -2.13. The second kappa shape index (κ2) is 12.9. The maximum Gasteiger partial charge on any atom is 0.336 e. The zero-order valence-corrected chi connectivity index (χ0v) is 14.7. The molecule has 1 aromatic rings. The average molecular weight is 346 g/mol. The van der Waals surface area contributed by atoms with Crippen LogP contribution in [-0.4, -0.2) is 24.3 Å². The summed E-state index contributed by atoms with van der Waals surface area (Å²) in [6, 6.07) is 8.52. The van der Waals surface area contributed by atoms with E-state index in [1.54, 1.807) is 30.3 Å². The Balaban J connectivity index is 2.14. The smallest absolute Gasteiger partial charge is 0.336 e. The molecule has 0 bridgehead atoms. The van der Waals surface area contributed by atoms with Gasteiger partial charge in [-0.2, -0.15) is 0 Å². The summed E-state index contributed by atoms with van der Waals surface area (Å²) in [7, 11) is 0. The fourth-order valence-electron chi connectivity index (χ4n) is 2.15. The van der Waals surface area contributed by atoms with Crippen molar-refractivity contribution in [1.82, 2.24) is 0 Å². The van der Waals surface area contributed by atoms with Crippen molar-refractivity contribution < 1.29 is 23.9 Å². The van der Waals surface area contributed by atoms with E-state index in [0.29, 0.717) is 12.2 Å². The van der Waals surface area contributed by atoms with Gasteiger partial charge in [0.2, 0.25) is 0 Å². The molecule has 0 amide bonds. The van der Waals surface area contributed by atoms with Crippen molar-refractivity contribution in [2.45, 2.75) is 51.9 Å². The zero-order chi connectivity index (χ0) is 18.3. The van der Waals surface area contributed by atoms with Crippen LogP contribution in [0.2, 0.25) is 0 Å². The SMILES string of the molecule is CCCCCCCCC(=O)COC(=O)/C=C/C(=O)Oc1ccccc1. The fraction of sp³-hybridized carbons (Fsp3) is 0.450. The van der Waals surface area contributed by atoms with Gasteiger partial charge in [-0.05, 0) is 18.6 Å². The third-order valence-electron chi connectivity index (χ3n) is 3.50. The highest BCUT2D eigenvalue weighted by molar-refractivity contribution is 5.93. The number of hydrogen-bond donors (Lipinski definition) is 0. The third kappa shape index (κ3) is 10.9. The lowest BCUT2D eigenvalue weighted by molar-refractivity contribution is -0.143. The van der Waals surface area contributed by atoms with E-state index in [4.69, 9.17) is 9.47 Å². The summed E-state index contributed by atoms with van der Waals surface area (Å²) in [4.78, 5) is 34.6. The largest absolute Gasteiger partial charge is 0.455 e. The summed E-state index contributed by atoms with van der Waals surface area (Å²) in [5, 5.41) is 0. The lowest BCUT2D eigenvalue weighted by Gasteiger charge is -2.02. The van der Waals surface area contributed by atoms with Crippen LogP contribution >= 0.6 is 0 Å². The van der Waals surface area contributed by atoms with Gasteiger partial charge in [0, 0.05) is 18.6 Å². The Hall–Kier alpha value is -2.43. The van der Waals surface area contributed by atoms with E-state index in [1.807, 2.05) is 0 Å². The third-order valence-corrected chi connectivity index (χ3v) is 3.50. The molecule has 0 aromatic heterocycles. The quantitative estimate of drug-likeness (QED) is 0.247. The normalized spacial score (nSPS) is 10.6. The van der Waals surface area contributed by atoms with Crippen LogP contribution in [-0.2, 0) is 19.1 Å². The Morgan fingerprint density at radius 3 is 2.24 bits per heavy atom. The first-order valence-electron chi connectivity index (χ1n) is 8.75. The number of carbonyl (C=O) groups is 3. The minimum Gasteiger partial charge on any atom is -0.455 e. The van der Waals surface area contributed by atoms with Crippen molar-refractivity contribution in [2.75, 3.05) is 6.61 Å². The van der Waals surface area contributed by atoms with E-state index < -0.39 is 11.9 Å². The summed E-state index contributed by atoms with van der Waals surface area (Å²) in [6.45, 7) is 1.90. The van der Waals surface area contributed by atoms with E-state index in [-0.39, 0.29) is 12.4 Å². The average Bonchev–Trinajstić information content (AvgIpc) is 2.62. The number of hydrogen-bond acceptors (Lipinski definition) is 5. The molecule has 0 radical (unpaired) electrons. The standard InChI is InChI=1S/C20H26O5/c1-2-3-4-5-6-8-11-17(21)16-24-19(22)14-15-20(23)25-18-12-9-7-10-13-18/h7,9-10,12-15H,2-6,8,11,16H2,1H3/b15-14+. The Morgan fingerprint density at radius 2 is 1.52 bits per heavy atom. The second-order valence-corrected chi connectivity index (χ2v) is 5.73. The first-order chi connectivity index (χ1) is 12.1. The van der Waals surface area contributed by atoms with Gasteiger partial charge in [-0.1, -0.05) is 57.2 Å². The van der Waals surface area contributed by atoms with Crippen molar-refractivity contribution in [2.24, 2.45) is 0 Å². The number of esters is 2. The molecule has 0 N–H and O–H groups in total. The molecule has 0 heterocycles. The number of Topliss-reactive ketones (excluding diaryl/α,β-unsaturated/α-hetero) is 1. The summed E-state index contributed by atoms with van der Waals surface area (Å²) in [6.07, 6.45) is 8.95. The van der Waals surface area contributed by atoms with Gasteiger partial charge >= 0.3 is 11.9 Å².